The molecule has 0 radical (unpaired) electrons. The minimum absolute atomic E-state index is 0.0940. The molecule has 0 aliphatic heterocycles. The number of methoxy groups -OCH3 is 1. The second-order valence-corrected chi connectivity index (χ2v) is 6.59. The smallest absolute Gasteiger partial charge is 0.307 e. The Kier molecular flexibility index (Phi) is 8.87. The van der Waals surface area contributed by atoms with E-state index >= 15 is 0 Å². The Balaban J connectivity index is 2.60. The molecule has 1 N–H and O–H groups in total. The summed E-state index contributed by atoms with van der Waals surface area (Å²) in [5.74, 6) is -0.0762. The van der Waals surface area contributed by atoms with Crippen molar-refractivity contribution in [1.29, 1.82) is 0 Å². The van der Waals surface area contributed by atoms with Crippen molar-refractivity contribution in [3.05, 3.63) is 34.3 Å². The van der Waals surface area contributed by atoms with Crippen molar-refractivity contribution in [2.75, 3.05) is 20.3 Å². The minimum Gasteiger partial charge on any atom is -0.469 e. The molecule has 0 bridgehead atoms. The van der Waals surface area contributed by atoms with E-state index in [1.807, 2.05) is 24.3 Å². The molecule has 1 aromatic carbocycles. The van der Waals surface area contributed by atoms with Gasteiger partial charge in [-0.2, -0.15) is 0 Å². The number of nitrogens with one attached hydrogen (secondary N) is 1. The zero-order chi connectivity index (χ0) is 17.2. The molecule has 1 amide bonds. The van der Waals surface area contributed by atoms with Crippen molar-refractivity contribution in [2.45, 2.75) is 32.7 Å². The minimum atomic E-state index is -0.409. The molecule has 6 heteroatoms. The third-order valence-corrected chi connectivity index (χ3v) is 3.66. The highest BCUT2D eigenvalue weighted by Gasteiger charge is 2.18. The van der Waals surface area contributed by atoms with E-state index in [0.29, 0.717) is 19.1 Å². The molecule has 23 heavy (non-hydrogen) atoms. The lowest BCUT2D eigenvalue weighted by Gasteiger charge is -2.18. The Hall–Kier alpha value is -1.40. The second-order valence-electron chi connectivity index (χ2n) is 5.67. The van der Waals surface area contributed by atoms with Crippen molar-refractivity contribution >= 4 is 27.8 Å². The van der Waals surface area contributed by atoms with Gasteiger partial charge in [0.2, 0.25) is 5.91 Å². The first-order valence-electron chi connectivity index (χ1n) is 7.61. The summed E-state index contributed by atoms with van der Waals surface area (Å²) in [5.41, 5.74) is 0.857. The Bertz CT molecular complexity index is 502. The fourth-order valence-electron chi connectivity index (χ4n) is 1.95. The average molecular weight is 386 g/mol. The maximum Gasteiger partial charge on any atom is 0.307 e. The number of carbonyl (C=O) groups excluding carboxylic acids is 2. The van der Waals surface area contributed by atoms with Crippen LogP contribution >= 0.6 is 15.9 Å². The van der Waals surface area contributed by atoms with Gasteiger partial charge in [-0.15, -0.1) is 0 Å². The van der Waals surface area contributed by atoms with Gasteiger partial charge in [0, 0.05) is 17.5 Å². The predicted molar refractivity (Wildman–Crippen MR) is 91.9 cm³/mol. The third-order valence-electron chi connectivity index (χ3n) is 3.13. The van der Waals surface area contributed by atoms with E-state index in [1.165, 1.54) is 7.11 Å². The van der Waals surface area contributed by atoms with E-state index in [-0.39, 0.29) is 24.7 Å². The Morgan fingerprint density at radius 3 is 2.43 bits per heavy atom. The van der Waals surface area contributed by atoms with Crippen molar-refractivity contribution < 1.29 is 19.1 Å². The van der Waals surface area contributed by atoms with E-state index in [4.69, 9.17) is 9.47 Å². The average Bonchev–Trinajstić information content (AvgIpc) is 2.51. The SMILES string of the molecule is COC(=O)CC(NC(=O)CCOCC(C)C)c1ccc(Br)cc1. The fraction of sp³-hybridized carbons (Fsp3) is 0.529. The first kappa shape index (κ1) is 19.6. The molecule has 128 valence electrons. The Morgan fingerprint density at radius 2 is 1.87 bits per heavy atom. The molecule has 1 rings (SSSR count). The number of halogens is 1. The number of rotatable bonds is 9. The second kappa shape index (κ2) is 10.4. The largest absolute Gasteiger partial charge is 0.469 e. The standard InChI is InChI=1S/C17H24BrNO4/c1-12(2)11-23-9-8-16(20)19-15(10-17(21)22-3)13-4-6-14(18)7-5-13/h4-7,12,15H,8-11H2,1-3H3,(H,19,20). The van der Waals surface area contributed by atoms with Crippen LogP contribution in [0.5, 0.6) is 0 Å². The first-order valence-corrected chi connectivity index (χ1v) is 8.41. The van der Waals surface area contributed by atoms with Crippen LogP contribution in [0.25, 0.3) is 0 Å². The van der Waals surface area contributed by atoms with Crippen LogP contribution in [0.4, 0.5) is 0 Å². The molecule has 0 aromatic heterocycles. The van der Waals surface area contributed by atoms with Gasteiger partial charge in [0.25, 0.3) is 0 Å². The summed E-state index contributed by atoms with van der Waals surface area (Å²) in [6, 6.07) is 7.07. The van der Waals surface area contributed by atoms with Crippen molar-refractivity contribution in [1.82, 2.24) is 5.32 Å². The molecule has 0 saturated heterocycles. The number of hydrogen-bond donors (Lipinski definition) is 1. The fourth-order valence-corrected chi connectivity index (χ4v) is 2.21. The molecule has 0 heterocycles. The molecule has 0 aliphatic carbocycles. The molecular formula is C17H24BrNO4. The topological polar surface area (TPSA) is 64.6 Å². The molecule has 1 aromatic rings. The van der Waals surface area contributed by atoms with Crippen LogP contribution in [0, 0.1) is 5.92 Å². The maximum atomic E-state index is 12.1. The van der Waals surface area contributed by atoms with Crippen molar-refractivity contribution in [3.8, 4) is 0 Å². The van der Waals surface area contributed by atoms with Gasteiger partial charge in [-0.25, -0.2) is 0 Å². The van der Waals surface area contributed by atoms with E-state index in [0.717, 1.165) is 10.0 Å². The number of amides is 1. The zero-order valence-electron chi connectivity index (χ0n) is 13.8. The third kappa shape index (κ3) is 8.13. The van der Waals surface area contributed by atoms with Crippen LogP contribution in [0.3, 0.4) is 0 Å². The van der Waals surface area contributed by atoms with Gasteiger partial charge < -0.3 is 14.8 Å². The Labute approximate surface area is 145 Å². The van der Waals surface area contributed by atoms with Crippen LogP contribution in [-0.2, 0) is 19.1 Å². The number of carbonyl (C=O) groups is 2. The summed E-state index contributed by atoms with van der Waals surface area (Å²) in [6.07, 6.45) is 0.359. The Morgan fingerprint density at radius 1 is 1.22 bits per heavy atom. The van der Waals surface area contributed by atoms with Crippen LogP contribution in [0.15, 0.2) is 28.7 Å². The summed E-state index contributed by atoms with van der Waals surface area (Å²) >= 11 is 3.37. The van der Waals surface area contributed by atoms with Crippen LogP contribution in [0.2, 0.25) is 0 Å². The summed E-state index contributed by atoms with van der Waals surface area (Å²) in [5, 5.41) is 2.87. The van der Waals surface area contributed by atoms with Crippen molar-refractivity contribution in [2.24, 2.45) is 5.92 Å². The molecule has 5 nitrogen and oxygen atoms in total. The van der Waals surface area contributed by atoms with E-state index in [9.17, 15) is 9.59 Å². The summed E-state index contributed by atoms with van der Waals surface area (Å²) in [7, 11) is 1.34. The monoisotopic (exact) mass is 385 g/mol. The summed E-state index contributed by atoms with van der Waals surface area (Å²) in [6.45, 7) is 5.11. The number of esters is 1. The quantitative estimate of drug-likeness (QED) is 0.523. The van der Waals surface area contributed by atoms with Gasteiger partial charge in [0.1, 0.15) is 0 Å². The van der Waals surface area contributed by atoms with Gasteiger partial charge >= 0.3 is 5.97 Å². The van der Waals surface area contributed by atoms with Gasteiger partial charge in [-0.05, 0) is 23.6 Å². The highest BCUT2D eigenvalue weighted by molar-refractivity contribution is 9.10. The number of hydrogen-bond acceptors (Lipinski definition) is 4. The lowest BCUT2D eigenvalue weighted by atomic mass is 10.0. The van der Waals surface area contributed by atoms with Crippen LogP contribution in [-0.4, -0.2) is 32.2 Å². The van der Waals surface area contributed by atoms with Crippen molar-refractivity contribution in [3.63, 3.8) is 0 Å². The van der Waals surface area contributed by atoms with Gasteiger partial charge in [-0.1, -0.05) is 41.9 Å². The zero-order valence-corrected chi connectivity index (χ0v) is 15.4. The van der Waals surface area contributed by atoms with Gasteiger partial charge in [0.05, 0.1) is 26.2 Å². The van der Waals surface area contributed by atoms with Gasteiger partial charge in [0.15, 0.2) is 0 Å². The van der Waals surface area contributed by atoms with Crippen LogP contribution in [0.1, 0.15) is 38.3 Å². The molecule has 0 aliphatic rings. The van der Waals surface area contributed by atoms with E-state index in [2.05, 4.69) is 35.1 Å². The summed E-state index contributed by atoms with van der Waals surface area (Å²) < 4.78 is 11.1. The van der Waals surface area contributed by atoms with Gasteiger partial charge in [-0.3, -0.25) is 9.59 Å². The predicted octanol–water partition coefficient (Wildman–Crippen LogP) is 3.23. The lowest BCUT2D eigenvalue weighted by molar-refractivity contribution is -0.141. The first-order chi connectivity index (χ1) is 10.9. The summed E-state index contributed by atoms with van der Waals surface area (Å²) in [4.78, 5) is 23.6. The molecule has 0 spiro atoms. The highest BCUT2D eigenvalue weighted by Crippen LogP contribution is 2.20. The molecule has 1 unspecified atom stereocenters. The normalized spacial score (nSPS) is 12.0. The van der Waals surface area contributed by atoms with E-state index in [1.54, 1.807) is 0 Å². The number of ether oxygens (including phenoxy) is 2. The molecule has 1 atom stereocenters. The highest BCUT2D eigenvalue weighted by atomic mass is 79.9. The maximum absolute atomic E-state index is 12.1. The lowest BCUT2D eigenvalue weighted by Crippen LogP contribution is -2.31. The molecular weight excluding hydrogens is 362 g/mol. The number of benzene rings is 1. The van der Waals surface area contributed by atoms with E-state index < -0.39 is 6.04 Å². The molecule has 0 fully saturated rings. The molecule has 0 saturated carbocycles. The van der Waals surface area contributed by atoms with Crippen LogP contribution < -0.4 is 5.32 Å².